The minimum atomic E-state index is -0.682. The number of carboxylic acids is 1. The number of anilines is 1. The van der Waals surface area contributed by atoms with E-state index >= 15 is 0 Å². The fourth-order valence-corrected chi connectivity index (χ4v) is 2.48. The predicted molar refractivity (Wildman–Crippen MR) is 56.9 cm³/mol. The summed E-state index contributed by atoms with van der Waals surface area (Å²) in [4.78, 5) is 10.8. The highest BCUT2D eigenvalue weighted by molar-refractivity contribution is 7.13. The number of aliphatic carboxylic acids is 1. The Labute approximate surface area is 91.5 Å². The van der Waals surface area contributed by atoms with E-state index in [0.717, 1.165) is 24.4 Å². The zero-order valence-electron chi connectivity index (χ0n) is 8.22. The lowest BCUT2D eigenvalue weighted by Crippen LogP contribution is -2.30. The van der Waals surface area contributed by atoms with Crippen molar-refractivity contribution >= 4 is 22.4 Å². The molecule has 1 fully saturated rings. The van der Waals surface area contributed by atoms with E-state index in [1.165, 1.54) is 11.3 Å². The molecule has 2 atom stereocenters. The van der Waals surface area contributed by atoms with Crippen molar-refractivity contribution < 1.29 is 9.90 Å². The third-order valence-electron chi connectivity index (χ3n) is 2.71. The van der Waals surface area contributed by atoms with E-state index in [9.17, 15) is 4.79 Å². The molecule has 0 saturated heterocycles. The minimum absolute atomic E-state index is 0.204. The van der Waals surface area contributed by atoms with Gasteiger partial charge in [-0.2, -0.15) is 0 Å². The lowest BCUT2D eigenvalue weighted by Gasteiger charge is -2.26. The number of hydrogen-bond donors (Lipinski definition) is 2. The molecule has 6 heteroatoms. The first-order valence-corrected chi connectivity index (χ1v) is 5.89. The fourth-order valence-electron chi connectivity index (χ4n) is 1.96. The number of carboxylic acid groups (broad SMARTS) is 1. The van der Waals surface area contributed by atoms with Gasteiger partial charge in [-0.25, -0.2) is 0 Å². The molecule has 0 spiro atoms. The van der Waals surface area contributed by atoms with Crippen LogP contribution in [-0.2, 0) is 4.79 Å². The van der Waals surface area contributed by atoms with Gasteiger partial charge in [0.05, 0.1) is 5.92 Å². The molecule has 1 heterocycles. The Morgan fingerprint density at radius 2 is 2.47 bits per heavy atom. The summed E-state index contributed by atoms with van der Waals surface area (Å²) < 4.78 is 0. The number of aromatic nitrogens is 2. The summed E-state index contributed by atoms with van der Waals surface area (Å²) in [5.74, 6) is -0.886. The molecule has 1 aliphatic carbocycles. The highest BCUT2D eigenvalue weighted by Gasteiger charge is 2.27. The van der Waals surface area contributed by atoms with E-state index in [1.54, 1.807) is 5.51 Å². The Morgan fingerprint density at radius 3 is 3.13 bits per heavy atom. The smallest absolute Gasteiger partial charge is 0.306 e. The molecule has 1 aromatic heterocycles. The third kappa shape index (κ3) is 2.65. The summed E-state index contributed by atoms with van der Waals surface area (Å²) in [6, 6.07) is 0.229. The van der Waals surface area contributed by atoms with Crippen LogP contribution in [0.15, 0.2) is 5.51 Å². The third-order valence-corrected chi connectivity index (χ3v) is 3.33. The van der Waals surface area contributed by atoms with Crippen LogP contribution in [0.4, 0.5) is 5.13 Å². The Hall–Kier alpha value is -1.17. The van der Waals surface area contributed by atoms with Gasteiger partial charge in [-0.3, -0.25) is 4.79 Å². The van der Waals surface area contributed by atoms with Crippen LogP contribution in [0.3, 0.4) is 0 Å². The summed E-state index contributed by atoms with van der Waals surface area (Å²) in [5.41, 5.74) is 1.67. The molecular formula is C9H13N3O2S. The summed E-state index contributed by atoms with van der Waals surface area (Å²) in [6.07, 6.45) is 3.47. The first-order valence-electron chi connectivity index (χ1n) is 5.01. The lowest BCUT2D eigenvalue weighted by atomic mass is 9.86. The van der Waals surface area contributed by atoms with E-state index in [2.05, 4.69) is 15.5 Å². The molecule has 5 nitrogen and oxygen atoms in total. The predicted octanol–water partition coefficient (Wildman–Crippen LogP) is 1.59. The lowest BCUT2D eigenvalue weighted by molar-refractivity contribution is -0.142. The van der Waals surface area contributed by atoms with Gasteiger partial charge < -0.3 is 10.4 Å². The molecular weight excluding hydrogens is 214 g/mol. The average molecular weight is 227 g/mol. The summed E-state index contributed by atoms with van der Waals surface area (Å²) in [6.45, 7) is 0. The van der Waals surface area contributed by atoms with Gasteiger partial charge in [0.1, 0.15) is 5.51 Å². The van der Waals surface area contributed by atoms with Crippen LogP contribution in [0.2, 0.25) is 0 Å². The molecule has 0 radical (unpaired) electrons. The topological polar surface area (TPSA) is 75.1 Å². The Morgan fingerprint density at radius 1 is 1.60 bits per heavy atom. The van der Waals surface area contributed by atoms with Gasteiger partial charge in [-0.15, -0.1) is 10.2 Å². The molecule has 0 aromatic carbocycles. The zero-order chi connectivity index (χ0) is 10.7. The molecule has 82 valence electrons. The summed E-state index contributed by atoms with van der Waals surface area (Å²) in [7, 11) is 0. The standard InChI is InChI=1S/C9H13N3O2S/c13-8(14)6-2-1-3-7(4-6)11-9-12-10-5-15-9/h5-7H,1-4H2,(H,11,12)(H,13,14). The van der Waals surface area contributed by atoms with Gasteiger partial charge in [0.25, 0.3) is 0 Å². The Balaban J connectivity index is 1.90. The van der Waals surface area contributed by atoms with Gasteiger partial charge in [-0.1, -0.05) is 17.8 Å². The van der Waals surface area contributed by atoms with Crippen molar-refractivity contribution in [1.82, 2.24) is 10.2 Å². The maximum absolute atomic E-state index is 10.8. The van der Waals surface area contributed by atoms with E-state index in [1.807, 2.05) is 0 Å². The SMILES string of the molecule is O=C(O)C1CCCC(Nc2nncs2)C1. The number of nitrogens with zero attached hydrogens (tertiary/aromatic N) is 2. The average Bonchev–Trinajstić information content (AvgIpc) is 2.71. The maximum atomic E-state index is 10.8. The van der Waals surface area contributed by atoms with Crippen LogP contribution in [0.5, 0.6) is 0 Å². The van der Waals surface area contributed by atoms with Gasteiger partial charge in [0.15, 0.2) is 0 Å². The Kier molecular flexibility index (Phi) is 3.15. The van der Waals surface area contributed by atoms with E-state index in [0.29, 0.717) is 6.42 Å². The monoisotopic (exact) mass is 227 g/mol. The highest BCUT2D eigenvalue weighted by atomic mass is 32.1. The van der Waals surface area contributed by atoms with Gasteiger partial charge in [0, 0.05) is 6.04 Å². The second kappa shape index (κ2) is 4.57. The molecule has 1 saturated carbocycles. The van der Waals surface area contributed by atoms with E-state index < -0.39 is 5.97 Å². The van der Waals surface area contributed by atoms with Crippen molar-refractivity contribution in [2.45, 2.75) is 31.7 Å². The maximum Gasteiger partial charge on any atom is 0.306 e. The van der Waals surface area contributed by atoms with Gasteiger partial charge in [-0.05, 0) is 19.3 Å². The normalized spacial score (nSPS) is 26.1. The van der Waals surface area contributed by atoms with Crippen molar-refractivity contribution in [1.29, 1.82) is 0 Å². The van der Waals surface area contributed by atoms with Crippen LogP contribution in [0.1, 0.15) is 25.7 Å². The van der Waals surface area contributed by atoms with Crippen LogP contribution < -0.4 is 5.32 Å². The molecule has 1 aliphatic rings. The fraction of sp³-hybridized carbons (Fsp3) is 0.667. The summed E-state index contributed by atoms with van der Waals surface area (Å²) in [5, 5.41) is 20.6. The number of nitrogens with one attached hydrogen (secondary N) is 1. The number of carbonyl (C=O) groups is 1. The minimum Gasteiger partial charge on any atom is -0.481 e. The molecule has 15 heavy (non-hydrogen) atoms. The zero-order valence-corrected chi connectivity index (χ0v) is 9.04. The van der Waals surface area contributed by atoms with Crippen molar-refractivity contribution in [2.24, 2.45) is 5.92 Å². The molecule has 2 unspecified atom stereocenters. The second-order valence-electron chi connectivity index (χ2n) is 3.79. The first kappa shape index (κ1) is 10.4. The van der Waals surface area contributed by atoms with E-state index in [4.69, 9.17) is 5.11 Å². The number of hydrogen-bond acceptors (Lipinski definition) is 5. The number of rotatable bonds is 3. The molecule has 1 aromatic rings. The van der Waals surface area contributed by atoms with Crippen LogP contribution in [0, 0.1) is 5.92 Å². The largest absolute Gasteiger partial charge is 0.481 e. The van der Waals surface area contributed by atoms with Crippen molar-refractivity contribution in [2.75, 3.05) is 5.32 Å². The second-order valence-corrected chi connectivity index (χ2v) is 4.62. The summed E-state index contributed by atoms with van der Waals surface area (Å²) >= 11 is 1.45. The van der Waals surface area contributed by atoms with E-state index in [-0.39, 0.29) is 12.0 Å². The van der Waals surface area contributed by atoms with Gasteiger partial charge in [0.2, 0.25) is 5.13 Å². The molecule has 0 bridgehead atoms. The van der Waals surface area contributed by atoms with Crippen LogP contribution in [0.25, 0.3) is 0 Å². The molecule has 2 N–H and O–H groups in total. The van der Waals surface area contributed by atoms with Gasteiger partial charge >= 0.3 is 5.97 Å². The molecule has 0 amide bonds. The first-order chi connectivity index (χ1) is 7.25. The van der Waals surface area contributed by atoms with Crippen LogP contribution in [-0.4, -0.2) is 27.3 Å². The van der Waals surface area contributed by atoms with Crippen molar-refractivity contribution in [3.05, 3.63) is 5.51 Å². The molecule has 2 rings (SSSR count). The van der Waals surface area contributed by atoms with Crippen molar-refractivity contribution in [3.63, 3.8) is 0 Å². The van der Waals surface area contributed by atoms with Crippen molar-refractivity contribution in [3.8, 4) is 0 Å². The van der Waals surface area contributed by atoms with Crippen LogP contribution >= 0.6 is 11.3 Å². The quantitative estimate of drug-likeness (QED) is 0.820. The highest BCUT2D eigenvalue weighted by Crippen LogP contribution is 2.27. The Bertz CT molecular complexity index is 328. The molecule has 0 aliphatic heterocycles.